The number of nitrogens with one attached hydrogen (secondary N) is 2. The number of aromatic nitrogens is 2. The molecule has 0 atom stereocenters. The number of carbonyl (C=O) groups is 1. The van der Waals surface area contributed by atoms with Crippen molar-refractivity contribution in [3.63, 3.8) is 0 Å². The van der Waals surface area contributed by atoms with Gasteiger partial charge in [0, 0.05) is 12.1 Å². The SMILES string of the molecule is CC1(C)CCCCC1.Cc1cc2[nH]c(Nc3ccc(OC(F)(F)F)cc3)nc2cc1CCC(=O)O. The van der Waals surface area contributed by atoms with Crippen LogP contribution in [-0.4, -0.2) is 27.4 Å². The van der Waals surface area contributed by atoms with E-state index in [2.05, 4.69) is 33.9 Å². The Morgan fingerprint density at radius 3 is 2.34 bits per heavy atom. The molecule has 4 rings (SSSR count). The summed E-state index contributed by atoms with van der Waals surface area (Å²) in [6.45, 7) is 6.66. The lowest BCUT2D eigenvalue weighted by Crippen LogP contribution is -2.16. The summed E-state index contributed by atoms with van der Waals surface area (Å²) in [6.07, 6.45) is 3.02. The van der Waals surface area contributed by atoms with Gasteiger partial charge in [-0.25, -0.2) is 4.98 Å². The summed E-state index contributed by atoms with van der Waals surface area (Å²) in [5.41, 5.74) is 4.50. The quantitative estimate of drug-likeness (QED) is 0.332. The van der Waals surface area contributed by atoms with Crippen molar-refractivity contribution in [2.75, 3.05) is 5.32 Å². The van der Waals surface area contributed by atoms with Gasteiger partial charge in [-0.1, -0.05) is 33.1 Å². The number of aromatic amines is 1. The fourth-order valence-electron chi connectivity index (χ4n) is 4.16. The average molecular weight is 492 g/mol. The van der Waals surface area contributed by atoms with E-state index in [1.807, 2.05) is 19.1 Å². The molecule has 1 heterocycles. The molecule has 0 saturated heterocycles. The number of benzene rings is 2. The van der Waals surface area contributed by atoms with Crippen LogP contribution in [0.2, 0.25) is 0 Å². The summed E-state index contributed by atoms with van der Waals surface area (Å²) in [6, 6.07) is 9.00. The Morgan fingerprint density at radius 2 is 1.80 bits per heavy atom. The van der Waals surface area contributed by atoms with Gasteiger partial charge in [0.05, 0.1) is 11.0 Å². The molecule has 0 unspecified atom stereocenters. The first-order valence-corrected chi connectivity index (χ1v) is 11.7. The van der Waals surface area contributed by atoms with Gasteiger partial charge in [0.15, 0.2) is 0 Å². The number of rotatable bonds is 6. The molecule has 1 fully saturated rings. The molecule has 0 amide bonds. The Bertz CT molecular complexity index is 1130. The molecule has 1 aliphatic rings. The van der Waals surface area contributed by atoms with E-state index in [1.165, 1.54) is 56.4 Å². The molecule has 35 heavy (non-hydrogen) atoms. The monoisotopic (exact) mass is 491 g/mol. The number of halogens is 3. The number of carboxylic acids is 1. The molecular weight excluding hydrogens is 459 g/mol. The van der Waals surface area contributed by atoms with Crippen LogP contribution >= 0.6 is 0 Å². The number of carboxylic acid groups (broad SMARTS) is 1. The molecule has 9 heteroatoms. The van der Waals surface area contributed by atoms with E-state index in [0.29, 0.717) is 29.0 Å². The molecule has 3 N–H and O–H groups in total. The molecule has 190 valence electrons. The second-order valence-electron chi connectivity index (χ2n) is 9.70. The summed E-state index contributed by atoms with van der Waals surface area (Å²) in [4.78, 5) is 18.2. The summed E-state index contributed by atoms with van der Waals surface area (Å²) in [5, 5.41) is 11.8. The van der Waals surface area contributed by atoms with Gasteiger partial charge < -0.3 is 20.1 Å². The smallest absolute Gasteiger partial charge is 0.481 e. The second-order valence-corrected chi connectivity index (χ2v) is 9.70. The molecule has 0 bridgehead atoms. The number of alkyl halides is 3. The predicted octanol–water partition coefficient (Wildman–Crippen LogP) is 7.51. The maximum Gasteiger partial charge on any atom is 0.573 e. The van der Waals surface area contributed by atoms with Crippen molar-refractivity contribution in [2.45, 2.75) is 72.1 Å². The zero-order chi connectivity index (χ0) is 25.6. The minimum Gasteiger partial charge on any atom is -0.481 e. The lowest BCUT2D eigenvalue weighted by atomic mass is 9.78. The Kier molecular flexibility index (Phi) is 8.30. The first-order chi connectivity index (χ1) is 16.4. The Morgan fingerprint density at radius 1 is 1.14 bits per heavy atom. The molecule has 1 aromatic heterocycles. The molecule has 3 aromatic rings. The van der Waals surface area contributed by atoms with Gasteiger partial charge >= 0.3 is 12.3 Å². The van der Waals surface area contributed by atoms with E-state index in [0.717, 1.165) is 16.6 Å². The van der Waals surface area contributed by atoms with Crippen LogP contribution in [0.1, 0.15) is 63.5 Å². The Balaban J connectivity index is 0.000000363. The van der Waals surface area contributed by atoms with E-state index < -0.39 is 12.3 Å². The van der Waals surface area contributed by atoms with Gasteiger partial charge in [-0.15, -0.1) is 13.2 Å². The van der Waals surface area contributed by atoms with Crippen molar-refractivity contribution in [2.24, 2.45) is 5.41 Å². The number of hydrogen-bond donors (Lipinski definition) is 3. The number of anilines is 2. The molecule has 1 aliphatic carbocycles. The van der Waals surface area contributed by atoms with Crippen LogP contribution in [0, 0.1) is 12.3 Å². The van der Waals surface area contributed by atoms with Crippen molar-refractivity contribution in [1.82, 2.24) is 9.97 Å². The normalized spacial score (nSPS) is 15.3. The molecule has 0 radical (unpaired) electrons. The van der Waals surface area contributed by atoms with Crippen LogP contribution in [0.3, 0.4) is 0 Å². The van der Waals surface area contributed by atoms with E-state index in [-0.39, 0.29) is 12.2 Å². The Labute approximate surface area is 202 Å². The lowest BCUT2D eigenvalue weighted by Gasteiger charge is -2.28. The fraction of sp³-hybridized carbons (Fsp3) is 0.462. The number of H-pyrrole nitrogens is 1. The van der Waals surface area contributed by atoms with Crippen LogP contribution in [0.5, 0.6) is 5.75 Å². The number of ether oxygens (including phenoxy) is 1. The molecule has 1 saturated carbocycles. The van der Waals surface area contributed by atoms with Crippen LogP contribution in [-0.2, 0) is 11.2 Å². The number of fused-ring (bicyclic) bond motifs is 1. The van der Waals surface area contributed by atoms with Crippen LogP contribution in [0.4, 0.5) is 24.8 Å². The highest BCUT2D eigenvalue weighted by Gasteiger charge is 2.31. The zero-order valence-electron chi connectivity index (χ0n) is 20.3. The highest BCUT2D eigenvalue weighted by atomic mass is 19.4. The largest absolute Gasteiger partial charge is 0.573 e. The van der Waals surface area contributed by atoms with E-state index in [9.17, 15) is 18.0 Å². The third-order valence-electron chi connectivity index (χ3n) is 6.11. The van der Waals surface area contributed by atoms with Crippen molar-refractivity contribution in [3.8, 4) is 5.75 Å². The van der Waals surface area contributed by atoms with Crippen molar-refractivity contribution in [1.29, 1.82) is 0 Å². The minimum atomic E-state index is -4.73. The summed E-state index contributed by atoms with van der Waals surface area (Å²) < 4.78 is 40.4. The molecule has 2 aromatic carbocycles. The van der Waals surface area contributed by atoms with Gasteiger partial charge in [0.2, 0.25) is 5.95 Å². The highest BCUT2D eigenvalue weighted by Crippen LogP contribution is 2.34. The first kappa shape index (κ1) is 26.4. The van der Waals surface area contributed by atoms with Gasteiger partial charge in [-0.05, 0) is 79.1 Å². The van der Waals surface area contributed by atoms with E-state index >= 15 is 0 Å². The van der Waals surface area contributed by atoms with Crippen LogP contribution in [0.15, 0.2) is 36.4 Å². The standard InChI is InChI=1S/C18H16F3N3O3.C8H16/c1-10-8-14-15(9-11(10)2-7-16(25)26)24-17(23-14)22-12-3-5-13(6-4-12)27-18(19,20)21;1-8(2)6-4-3-5-7-8/h3-6,8-9H,2,7H2,1H3,(H,25,26)(H2,22,23,24);3-7H2,1-2H3. The van der Waals surface area contributed by atoms with Gasteiger partial charge in [-0.3, -0.25) is 4.79 Å². The topological polar surface area (TPSA) is 87.2 Å². The molecule has 6 nitrogen and oxygen atoms in total. The molecule has 0 aliphatic heterocycles. The number of hydrogen-bond acceptors (Lipinski definition) is 4. The number of aryl methyl sites for hydroxylation is 2. The number of aliphatic carboxylic acids is 1. The van der Waals surface area contributed by atoms with Crippen LogP contribution in [0.25, 0.3) is 11.0 Å². The van der Waals surface area contributed by atoms with Crippen molar-refractivity contribution < 1.29 is 27.8 Å². The van der Waals surface area contributed by atoms with Crippen molar-refractivity contribution in [3.05, 3.63) is 47.5 Å². The van der Waals surface area contributed by atoms with Gasteiger partial charge in [-0.2, -0.15) is 0 Å². The first-order valence-electron chi connectivity index (χ1n) is 11.7. The van der Waals surface area contributed by atoms with Crippen molar-refractivity contribution >= 4 is 28.6 Å². The third-order valence-corrected chi connectivity index (χ3v) is 6.11. The Hall–Kier alpha value is -3.23. The average Bonchev–Trinajstić information content (AvgIpc) is 3.13. The maximum atomic E-state index is 12.2. The van der Waals surface area contributed by atoms with Gasteiger partial charge in [0.25, 0.3) is 0 Å². The van der Waals surface area contributed by atoms with Gasteiger partial charge in [0.1, 0.15) is 5.75 Å². The van der Waals surface area contributed by atoms with Crippen LogP contribution < -0.4 is 10.1 Å². The summed E-state index contributed by atoms with van der Waals surface area (Å²) >= 11 is 0. The molecule has 0 spiro atoms. The zero-order valence-corrected chi connectivity index (χ0v) is 20.3. The second kappa shape index (κ2) is 11.0. The third kappa shape index (κ3) is 8.49. The maximum absolute atomic E-state index is 12.2. The molecular formula is C26H32F3N3O3. The number of nitrogens with zero attached hydrogens (tertiary/aromatic N) is 1. The number of imidazole rings is 1. The lowest BCUT2D eigenvalue weighted by molar-refractivity contribution is -0.274. The highest BCUT2D eigenvalue weighted by molar-refractivity contribution is 5.80. The summed E-state index contributed by atoms with van der Waals surface area (Å²) in [7, 11) is 0. The minimum absolute atomic E-state index is 0.0359. The summed E-state index contributed by atoms with van der Waals surface area (Å²) in [5.74, 6) is -0.752. The fourth-order valence-corrected chi connectivity index (χ4v) is 4.16. The van der Waals surface area contributed by atoms with E-state index in [1.54, 1.807) is 0 Å². The van der Waals surface area contributed by atoms with E-state index in [4.69, 9.17) is 5.11 Å². The predicted molar refractivity (Wildman–Crippen MR) is 130 cm³/mol.